The van der Waals surface area contributed by atoms with Gasteiger partial charge in [-0.3, -0.25) is 0 Å². The summed E-state index contributed by atoms with van der Waals surface area (Å²) in [5.41, 5.74) is 2.62. The van der Waals surface area contributed by atoms with Crippen molar-refractivity contribution in [3.8, 4) is 5.75 Å². The molecule has 4 heteroatoms. The lowest BCUT2D eigenvalue weighted by Gasteiger charge is -2.07. The topological polar surface area (TPSA) is 47.9 Å². The van der Waals surface area contributed by atoms with E-state index < -0.39 is 5.97 Å². The molecule has 0 aliphatic carbocycles. The van der Waals surface area contributed by atoms with E-state index >= 15 is 0 Å². The quantitative estimate of drug-likeness (QED) is 0.535. The predicted molar refractivity (Wildman–Crippen MR) is 97.5 cm³/mol. The number of methoxy groups -OCH3 is 1. The van der Waals surface area contributed by atoms with E-state index in [2.05, 4.69) is 5.16 Å². The minimum absolute atomic E-state index is 0.417. The summed E-state index contributed by atoms with van der Waals surface area (Å²) in [5, 5.41) is 6.13. The highest BCUT2D eigenvalue weighted by atomic mass is 16.7. The van der Waals surface area contributed by atoms with Crippen LogP contribution in [0.15, 0.2) is 77.5 Å². The number of para-hydroxylation sites is 1. The van der Waals surface area contributed by atoms with Crippen molar-refractivity contribution in [1.29, 1.82) is 0 Å². The molecule has 0 saturated heterocycles. The summed E-state index contributed by atoms with van der Waals surface area (Å²) in [6.07, 6.45) is 1.76. The van der Waals surface area contributed by atoms with Crippen LogP contribution in [-0.4, -0.2) is 18.8 Å². The Kier molecular flexibility index (Phi) is 3.78. The molecule has 4 rings (SSSR count). The number of carbonyl (C=O) groups is 1. The summed E-state index contributed by atoms with van der Waals surface area (Å²) in [5.74, 6) is 0.223. The van der Waals surface area contributed by atoms with Gasteiger partial charge in [0, 0.05) is 11.1 Å². The number of benzene rings is 3. The first-order chi connectivity index (χ1) is 12.3. The first kappa shape index (κ1) is 15.1. The maximum atomic E-state index is 12.3. The molecule has 122 valence electrons. The average Bonchev–Trinajstić information content (AvgIpc) is 3.02. The van der Waals surface area contributed by atoms with Crippen LogP contribution in [0.3, 0.4) is 0 Å². The van der Waals surface area contributed by atoms with Crippen LogP contribution in [0.25, 0.3) is 16.8 Å². The molecular weight excluding hydrogens is 314 g/mol. The zero-order chi connectivity index (χ0) is 17.2. The van der Waals surface area contributed by atoms with Gasteiger partial charge < -0.3 is 9.57 Å². The molecule has 1 aliphatic rings. The van der Waals surface area contributed by atoms with Gasteiger partial charge in [0.2, 0.25) is 0 Å². The largest absolute Gasteiger partial charge is 0.496 e. The highest BCUT2D eigenvalue weighted by Crippen LogP contribution is 2.28. The van der Waals surface area contributed by atoms with Gasteiger partial charge in [-0.1, -0.05) is 65.8 Å². The van der Waals surface area contributed by atoms with Gasteiger partial charge in [0.15, 0.2) is 0 Å². The first-order valence-electron chi connectivity index (χ1n) is 7.90. The SMILES string of the molecule is COc1ccccc1/C=C1\C(=O)ON=C1c1cccc2ccccc12. The van der Waals surface area contributed by atoms with Crippen molar-refractivity contribution < 1.29 is 14.4 Å². The number of hydrogen-bond acceptors (Lipinski definition) is 4. The van der Waals surface area contributed by atoms with Crippen LogP contribution >= 0.6 is 0 Å². The molecule has 0 unspecified atom stereocenters. The Labute approximate surface area is 145 Å². The van der Waals surface area contributed by atoms with Crippen LogP contribution in [0.4, 0.5) is 0 Å². The second-order valence-corrected chi connectivity index (χ2v) is 5.65. The summed E-state index contributed by atoms with van der Waals surface area (Å²) < 4.78 is 5.37. The molecule has 0 amide bonds. The minimum Gasteiger partial charge on any atom is -0.496 e. The molecule has 0 saturated carbocycles. The van der Waals surface area contributed by atoms with Crippen molar-refractivity contribution in [2.45, 2.75) is 0 Å². The van der Waals surface area contributed by atoms with E-state index in [1.165, 1.54) is 0 Å². The van der Waals surface area contributed by atoms with Crippen LogP contribution in [-0.2, 0) is 9.63 Å². The number of hydrogen-bond donors (Lipinski definition) is 0. The van der Waals surface area contributed by atoms with Crippen LogP contribution < -0.4 is 4.74 Å². The normalized spacial score (nSPS) is 15.3. The standard InChI is InChI=1S/C21H15NO3/c1-24-19-12-5-3-8-15(19)13-18-20(22-25-21(18)23)17-11-6-9-14-7-2-4-10-16(14)17/h2-13H,1H3/b18-13-. The van der Waals surface area contributed by atoms with Gasteiger partial charge in [-0.25, -0.2) is 4.79 Å². The fourth-order valence-electron chi connectivity index (χ4n) is 2.98. The Balaban J connectivity index is 1.87. The average molecular weight is 329 g/mol. The molecule has 0 N–H and O–H groups in total. The first-order valence-corrected chi connectivity index (χ1v) is 7.90. The number of rotatable bonds is 3. The number of fused-ring (bicyclic) bond motifs is 1. The van der Waals surface area contributed by atoms with Crippen LogP contribution in [0.5, 0.6) is 5.75 Å². The van der Waals surface area contributed by atoms with E-state index in [4.69, 9.17) is 9.57 Å². The second kappa shape index (κ2) is 6.24. The molecule has 3 aromatic carbocycles. The maximum Gasteiger partial charge on any atom is 0.368 e. The fraction of sp³-hybridized carbons (Fsp3) is 0.0476. The van der Waals surface area contributed by atoms with Gasteiger partial charge in [-0.05, 0) is 22.9 Å². The van der Waals surface area contributed by atoms with E-state index in [1.807, 2.05) is 66.7 Å². The molecule has 0 aromatic heterocycles. The highest BCUT2D eigenvalue weighted by Gasteiger charge is 2.28. The van der Waals surface area contributed by atoms with Gasteiger partial charge in [0.1, 0.15) is 11.5 Å². The number of ether oxygens (including phenoxy) is 1. The number of carbonyl (C=O) groups excluding carboxylic acids is 1. The molecule has 0 spiro atoms. The Morgan fingerprint density at radius 1 is 0.960 bits per heavy atom. The molecular formula is C21H15NO3. The molecule has 1 heterocycles. The van der Waals surface area contributed by atoms with E-state index in [9.17, 15) is 4.79 Å². The number of oxime groups is 1. The van der Waals surface area contributed by atoms with Crippen molar-refractivity contribution in [1.82, 2.24) is 0 Å². The summed E-state index contributed by atoms with van der Waals surface area (Å²) >= 11 is 0. The Bertz CT molecular complexity index is 1030. The van der Waals surface area contributed by atoms with Crippen LogP contribution in [0, 0.1) is 0 Å². The van der Waals surface area contributed by atoms with E-state index in [-0.39, 0.29) is 0 Å². The van der Waals surface area contributed by atoms with Crippen LogP contribution in [0.1, 0.15) is 11.1 Å². The summed E-state index contributed by atoms with van der Waals surface area (Å²) in [7, 11) is 1.60. The molecule has 25 heavy (non-hydrogen) atoms. The Hall–Kier alpha value is -3.40. The van der Waals surface area contributed by atoms with Crippen molar-refractivity contribution in [3.05, 3.63) is 83.4 Å². The lowest BCUT2D eigenvalue weighted by molar-refractivity contribution is -0.136. The summed E-state index contributed by atoms with van der Waals surface area (Å²) in [4.78, 5) is 17.2. The highest BCUT2D eigenvalue weighted by molar-refractivity contribution is 6.33. The molecule has 4 nitrogen and oxygen atoms in total. The van der Waals surface area contributed by atoms with Gasteiger partial charge >= 0.3 is 5.97 Å². The summed E-state index contributed by atoms with van der Waals surface area (Å²) in [6, 6.07) is 21.4. The molecule has 1 aliphatic heterocycles. The molecule has 3 aromatic rings. The third-order valence-electron chi connectivity index (χ3n) is 4.18. The number of nitrogens with zero attached hydrogens (tertiary/aromatic N) is 1. The molecule has 0 radical (unpaired) electrons. The summed E-state index contributed by atoms with van der Waals surface area (Å²) in [6.45, 7) is 0. The maximum absolute atomic E-state index is 12.3. The van der Waals surface area contributed by atoms with Crippen LogP contribution in [0.2, 0.25) is 0 Å². The second-order valence-electron chi connectivity index (χ2n) is 5.65. The van der Waals surface area contributed by atoms with E-state index in [0.717, 1.165) is 21.9 Å². The minimum atomic E-state index is -0.464. The van der Waals surface area contributed by atoms with Crippen molar-refractivity contribution in [2.24, 2.45) is 5.16 Å². The van der Waals surface area contributed by atoms with Crippen molar-refractivity contribution in [2.75, 3.05) is 7.11 Å². The van der Waals surface area contributed by atoms with Gasteiger partial charge in [0.05, 0.1) is 12.7 Å². The molecule has 0 fully saturated rings. The Morgan fingerprint density at radius 3 is 2.60 bits per heavy atom. The Morgan fingerprint density at radius 2 is 1.72 bits per heavy atom. The van der Waals surface area contributed by atoms with Gasteiger partial charge in [-0.2, -0.15) is 0 Å². The lowest BCUT2D eigenvalue weighted by Crippen LogP contribution is -2.07. The van der Waals surface area contributed by atoms with Crippen molar-refractivity contribution in [3.63, 3.8) is 0 Å². The smallest absolute Gasteiger partial charge is 0.368 e. The zero-order valence-corrected chi connectivity index (χ0v) is 13.6. The predicted octanol–water partition coefficient (Wildman–Crippen LogP) is 4.19. The fourth-order valence-corrected chi connectivity index (χ4v) is 2.98. The van der Waals surface area contributed by atoms with Crippen molar-refractivity contribution >= 4 is 28.5 Å². The lowest BCUT2D eigenvalue weighted by atomic mass is 9.95. The van der Waals surface area contributed by atoms with E-state index in [1.54, 1.807) is 13.2 Å². The van der Waals surface area contributed by atoms with Gasteiger partial charge in [-0.15, -0.1) is 0 Å². The third-order valence-corrected chi connectivity index (χ3v) is 4.18. The van der Waals surface area contributed by atoms with Gasteiger partial charge in [0.25, 0.3) is 0 Å². The monoisotopic (exact) mass is 329 g/mol. The molecule has 0 bridgehead atoms. The third kappa shape index (κ3) is 2.68. The molecule has 0 atom stereocenters. The van der Waals surface area contributed by atoms with E-state index in [0.29, 0.717) is 17.0 Å². The zero-order valence-electron chi connectivity index (χ0n) is 13.6.